The van der Waals surface area contributed by atoms with Crippen LogP contribution in [0.2, 0.25) is 0 Å². The summed E-state index contributed by atoms with van der Waals surface area (Å²) in [7, 11) is 0. The van der Waals surface area contributed by atoms with Crippen molar-refractivity contribution in [3.05, 3.63) is 64.5 Å². The minimum absolute atomic E-state index is 0.136. The Hall–Kier alpha value is -2.20. The molecule has 0 bridgehead atoms. The van der Waals surface area contributed by atoms with Gasteiger partial charge in [0.2, 0.25) is 0 Å². The van der Waals surface area contributed by atoms with Crippen LogP contribution in [-0.4, -0.2) is 12.5 Å². The van der Waals surface area contributed by atoms with Crippen LogP contribution in [0, 0.1) is 12.7 Å². The number of carbonyl (C=O) groups is 1. The van der Waals surface area contributed by atoms with E-state index >= 15 is 0 Å². The van der Waals surface area contributed by atoms with Crippen LogP contribution in [0.5, 0.6) is 0 Å². The van der Waals surface area contributed by atoms with E-state index in [9.17, 15) is 9.18 Å². The summed E-state index contributed by atoms with van der Waals surface area (Å²) in [4.78, 5) is 12.5. The molecule has 2 aromatic rings. The van der Waals surface area contributed by atoms with E-state index < -0.39 is 0 Å². The Morgan fingerprint density at radius 3 is 2.95 bits per heavy atom. The average Bonchev–Trinajstić information content (AvgIpc) is 2.49. The molecule has 1 aliphatic rings. The van der Waals surface area contributed by atoms with Crippen LogP contribution in [0.25, 0.3) is 0 Å². The van der Waals surface area contributed by atoms with Gasteiger partial charge < -0.3 is 10.6 Å². The van der Waals surface area contributed by atoms with E-state index in [-0.39, 0.29) is 11.7 Å². The van der Waals surface area contributed by atoms with Gasteiger partial charge in [-0.25, -0.2) is 4.39 Å². The number of carbonyl (C=O) groups excluding carboxylic acids is 1. The molecule has 1 amide bonds. The molecule has 0 saturated carbocycles. The standard InChI is InChI=1S/C17H17FN2O/c1-11-9-13(18)5-6-16(11)20-17(21)15-4-2-3-12-10-19-8-7-14(12)15/h2-6,9,19H,7-8,10H2,1H3,(H,20,21). The van der Waals surface area contributed by atoms with Gasteiger partial charge in [0.15, 0.2) is 0 Å². The van der Waals surface area contributed by atoms with Crippen LogP contribution in [0.3, 0.4) is 0 Å². The van der Waals surface area contributed by atoms with Gasteiger partial charge in [0.05, 0.1) is 0 Å². The van der Waals surface area contributed by atoms with Gasteiger partial charge in [-0.3, -0.25) is 4.79 Å². The van der Waals surface area contributed by atoms with Gasteiger partial charge in [-0.2, -0.15) is 0 Å². The third kappa shape index (κ3) is 2.81. The maximum Gasteiger partial charge on any atom is 0.255 e. The zero-order chi connectivity index (χ0) is 14.8. The van der Waals surface area contributed by atoms with Crippen LogP contribution >= 0.6 is 0 Å². The molecule has 0 aromatic heterocycles. The lowest BCUT2D eigenvalue weighted by Gasteiger charge is -2.20. The summed E-state index contributed by atoms with van der Waals surface area (Å²) >= 11 is 0. The second-order valence-corrected chi connectivity index (χ2v) is 5.28. The maximum absolute atomic E-state index is 13.1. The highest BCUT2D eigenvalue weighted by Crippen LogP contribution is 2.21. The van der Waals surface area contributed by atoms with E-state index in [2.05, 4.69) is 10.6 Å². The van der Waals surface area contributed by atoms with E-state index in [1.807, 2.05) is 18.2 Å². The molecule has 0 unspecified atom stereocenters. The van der Waals surface area contributed by atoms with Gasteiger partial charge in [0, 0.05) is 17.8 Å². The van der Waals surface area contributed by atoms with Crippen molar-refractivity contribution in [2.75, 3.05) is 11.9 Å². The quantitative estimate of drug-likeness (QED) is 0.890. The molecule has 0 spiro atoms. The third-order valence-electron chi connectivity index (χ3n) is 3.82. The molecule has 0 fully saturated rings. The minimum atomic E-state index is -0.298. The molecule has 2 aromatic carbocycles. The maximum atomic E-state index is 13.1. The second kappa shape index (κ2) is 5.66. The summed E-state index contributed by atoms with van der Waals surface area (Å²) in [5.74, 6) is -0.433. The van der Waals surface area contributed by atoms with E-state index in [1.54, 1.807) is 13.0 Å². The molecule has 3 nitrogen and oxygen atoms in total. The molecule has 1 aliphatic heterocycles. The van der Waals surface area contributed by atoms with Crippen molar-refractivity contribution in [3.8, 4) is 0 Å². The molecule has 2 N–H and O–H groups in total. The fraction of sp³-hybridized carbons (Fsp3) is 0.235. The first kappa shape index (κ1) is 13.8. The lowest BCUT2D eigenvalue weighted by molar-refractivity contribution is 0.102. The van der Waals surface area contributed by atoms with Crippen LogP contribution in [0.4, 0.5) is 10.1 Å². The number of fused-ring (bicyclic) bond motifs is 1. The van der Waals surface area contributed by atoms with E-state index in [0.717, 1.165) is 30.6 Å². The van der Waals surface area contributed by atoms with Crippen molar-refractivity contribution in [1.82, 2.24) is 5.32 Å². The monoisotopic (exact) mass is 284 g/mol. The highest BCUT2D eigenvalue weighted by Gasteiger charge is 2.17. The highest BCUT2D eigenvalue weighted by molar-refractivity contribution is 6.05. The molecule has 0 atom stereocenters. The summed E-state index contributed by atoms with van der Waals surface area (Å²) in [6.45, 7) is 3.46. The van der Waals surface area contributed by atoms with Gasteiger partial charge in [0.1, 0.15) is 5.82 Å². The van der Waals surface area contributed by atoms with Gasteiger partial charge in [-0.05, 0) is 60.8 Å². The molecule has 0 aliphatic carbocycles. The fourth-order valence-corrected chi connectivity index (χ4v) is 2.70. The number of hydrogen-bond donors (Lipinski definition) is 2. The Balaban J connectivity index is 1.89. The van der Waals surface area contributed by atoms with Crippen LogP contribution in [0.1, 0.15) is 27.0 Å². The SMILES string of the molecule is Cc1cc(F)ccc1NC(=O)c1cccc2c1CCNC2. The molecular weight excluding hydrogens is 267 g/mol. The van der Waals surface area contributed by atoms with Gasteiger partial charge in [0.25, 0.3) is 5.91 Å². The molecule has 108 valence electrons. The Bertz CT molecular complexity index is 697. The average molecular weight is 284 g/mol. The van der Waals surface area contributed by atoms with Crippen LogP contribution in [0.15, 0.2) is 36.4 Å². The fourth-order valence-electron chi connectivity index (χ4n) is 2.70. The smallest absolute Gasteiger partial charge is 0.255 e. The molecule has 0 radical (unpaired) electrons. The van der Waals surface area contributed by atoms with Crippen molar-refractivity contribution in [3.63, 3.8) is 0 Å². The van der Waals surface area contributed by atoms with E-state index in [0.29, 0.717) is 11.3 Å². The topological polar surface area (TPSA) is 41.1 Å². The summed E-state index contributed by atoms with van der Waals surface area (Å²) < 4.78 is 13.1. The predicted octanol–water partition coefficient (Wildman–Crippen LogP) is 3.03. The number of rotatable bonds is 2. The summed E-state index contributed by atoms with van der Waals surface area (Å²) in [6.07, 6.45) is 0.849. The molecular formula is C17H17FN2O. The number of nitrogens with one attached hydrogen (secondary N) is 2. The summed E-state index contributed by atoms with van der Waals surface area (Å²) in [5.41, 5.74) is 4.35. The lowest BCUT2D eigenvalue weighted by atomic mass is 9.95. The summed E-state index contributed by atoms with van der Waals surface area (Å²) in [5, 5.41) is 6.18. The first-order chi connectivity index (χ1) is 10.1. The number of amides is 1. The third-order valence-corrected chi connectivity index (χ3v) is 3.82. The molecule has 4 heteroatoms. The number of benzene rings is 2. The van der Waals surface area contributed by atoms with Crippen LogP contribution in [-0.2, 0) is 13.0 Å². The first-order valence-corrected chi connectivity index (χ1v) is 7.04. The van der Waals surface area contributed by atoms with Crippen molar-refractivity contribution < 1.29 is 9.18 Å². The van der Waals surface area contributed by atoms with Crippen molar-refractivity contribution in [2.24, 2.45) is 0 Å². The Labute approximate surface area is 123 Å². The molecule has 0 saturated heterocycles. The normalized spacial score (nSPS) is 13.6. The minimum Gasteiger partial charge on any atom is -0.322 e. The first-order valence-electron chi connectivity index (χ1n) is 7.04. The largest absolute Gasteiger partial charge is 0.322 e. The number of halogens is 1. The Morgan fingerprint density at radius 2 is 2.14 bits per heavy atom. The van der Waals surface area contributed by atoms with Gasteiger partial charge in [-0.15, -0.1) is 0 Å². The van der Waals surface area contributed by atoms with Crippen molar-refractivity contribution >= 4 is 11.6 Å². The predicted molar refractivity (Wildman–Crippen MR) is 80.9 cm³/mol. The number of anilines is 1. The van der Waals surface area contributed by atoms with E-state index in [4.69, 9.17) is 0 Å². The summed E-state index contributed by atoms with van der Waals surface area (Å²) in [6, 6.07) is 10.2. The molecule has 3 rings (SSSR count). The van der Waals surface area contributed by atoms with E-state index in [1.165, 1.54) is 17.7 Å². The second-order valence-electron chi connectivity index (χ2n) is 5.28. The Kier molecular flexibility index (Phi) is 3.71. The van der Waals surface area contributed by atoms with Gasteiger partial charge in [-0.1, -0.05) is 12.1 Å². The lowest BCUT2D eigenvalue weighted by Crippen LogP contribution is -2.26. The molecule has 1 heterocycles. The number of hydrogen-bond acceptors (Lipinski definition) is 2. The zero-order valence-electron chi connectivity index (χ0n) is 11.9. The van der Waals surface area contributed by atoms with Crippen LogP contribution < -0.4 is 10.6 Å². The Morgan fingerprint density at radius 1 is 1.29 bits per heavy atom. The van der Waals surface area contributed by atoms with Gasteiger partial charge >= 0.3 is 0 Å². The zero-order valence-corrected chi connectivity index (χ0v) is 11.9. The van der Waals surface area contributed by atoms with Crippen molar-refractivity contribution in [2.45, 2.75) is 19.9 Å². The highest BCUT2D eigenvalue weighted by atomic mass is 19.1. The van der Waals surface area contributed by atoms with Crippen molar-refractivity contribution in [1.29, 1.82) is 0 Å². The molecule has 21 heavy (non-hydrogen) atoms. The number of aryl methyl sites for hydroxylation is 1.